The Balaban J connectivity index is 1.59. The molecule has 0 aliphatic rings. The summed E-state index contributed by atoms with van der Waals surface area (Å²) in [6.45, 7) is 4.42. The minimum absolute atomic E-state index is 0.252. The summed E-state index contributed by atoms with van der Waals surface area (Å²) in [4.78, 5) is 26.1. The van der Waals surface area contributed by atoms with Crippen LogP contribution in [-0.2, 0) is 0 Å². The molecule has 2 N–H and O–H groups in total. The summed E-state index contributed by atoms with van der Waals surface area (Å²) in [5.74, 6) is 0.242. The van der Waals surface area contributed by atoms with Gasteiger partial charge in [-0.2, -0.15) is 0 Å². The van der Waals surface area contributed by atoms with Crippen molar-refractivity contribution in [3.8, 4) is 17.2 Å². The number of anilines is 2. The Kier molecular flexibility index (Phi) is 7.13. The van der Waals surface area contributed by atoms with Crippen LogP contribution >= 0.6 is 11.3 Å². The number of aromatic nitrogens is 4. The summed E-state index contributed by atoms with van der Waals surface area (Å²) in [5, 5.41) is 18.6. The van der Waals surface area contributed by atoms with Crippen LogP contribution < -0.4 is 20.1 Å². The molecule has 2 aromatic heterocycles. The van der Waals surface area contributed by atoms with Gasteiger partial charge in [-0.05, 0) is 60.0 Å². The number of nitrogens with zero attached hydrogens (tertiary/aromatic N) is 4. The summed E-state index contributed by atoms with van der Waals surface area (Å²) in [6.07, 6.45) is 1.47. The van der Waals surface area contributed by atoms with Crippen molar-refractivity contribution in [2.45, 2.75) is 13.8 Å². The minimum atomic E-state index is -0.331. The molecule has 0 radical (unpaired) electrons. The number of rotatable bonds is 9. The summed E-state index contributed by atoms with van der Waals surface area (Å²) in [6, 6.07) is 13.7. The third kappa shape index (κ3) is 5.21. The lowest BCUT2D eigenvalue weighted by molar-refractivity contribution is 0.101. The maximum Gasteiger partial charge on any atom is 0.265 e. The van der Waals surface area contributed by atoms with Gasteiger partial charge in [0.05, 0.1) is 35.2 Å². The average molecular weight is 479 g/mol. The van der Waals surface area contributed by atoms with E-state index in [1.165, 1.54) is 22.3 Å². The Hall–Kier alpha value is -4.25. The summed E-state index contributed by atoms with van der Waals surface area (Å²) < 4.78 is 13.0. The third-order valence-electron chi connectivity index (χ3n) is 4.67. The van der Waals surface area contributed by atoms with E-state index in [1.807, 2.05) is 25.3 Å². The molecule has 0 saturated carbocycles. The number of carbonyl (C=O) groups excluding carboxylic acids is 2. The van der Waals surface area contributed by atoms with Crippen LogP contribution in [0.4, 0.5) is 11.4 Å². The van der Waals surface area contributed by atoms with Crippen molar-refractivity contribution in [2.75, 3.05) is 23.8 Å². The second kappa shape index (κ2) is 10.6. The highest BCUT2D eigenvalue weighted by Gasteiger charge is 2.18. The number of hydrogen-bond donors (Lipinski definition) is 2. The molecule has 4 aromatic rings. The summed E-state index contributed by atoms with van der Waals surface area (Å²) in [5.41, 5.74) is 2.04. The SMILES string of the molecule is CCOc1cc(NC(=O)c2cccs2)c(OCC)cc1NC(=O)c1ccc(-n2cnnn2)cc1. The molecule has 0 aliphatic heterocycles. The lowest BCUT2D eigenvalue weighted by Gasteiger charge is -2.17. The topological polar surface area (TPSA) is 120 Å². The first kappa shape index (κ1) is 22.9. The molecule has 0 aliphatic carbocycles. The number of thiophene rings is 1. The van der Waals surface area contributed by atoms with E-state index in [2.05, 4.69) is 26.2 Å². The van der Waals surface area contributed by atoms with E-state index in [9.17, 15) is 9.59 Å². The van der Waals surface area contributed by atoms with Gasteiger partial charge in [-0.25, -0.2) is 4.68 Å². The zero-order chi connectivity index (χ0) is 23.9. The third-order valence-corrected chi connectivity index (χ3v) is 5.53. The Morgan fingerprint density at radius 1 is 0.941 bits per heavy atom. The second-order valence-electron chi connectivity index (χ2n) is 6.90. The van der Waals surface area contributed by atoms with Gasteiger partial charge in [0.25, 0.3) is 11.8 Å². The number of amides is 2. The fourth-order valence-corrected chi connectivity index (χ4v) is 3.76. The van der Waals surface area contributed by atoms with Crippen molar-refractivity contribution in [1.82, 2.24) is 20.2 Å². The molecule has 0 bridgehead atoms. The highest BCUT2D eigenvalue weighted by atomic mass is 32.1. The van der Waals surface area contributed by atoms with Crippen molar-refractivity contribution < 1.29 is 19.1 Å². The van der Waals surface area contributed by atoms with Gasteiger partial charge in [-0.1, -0.05) is 6.07 Å². The second-order valence-corrected chi connectivity index (χ2v) is 7.85. The van der Waals surface area contributed by atoms with Crippen molar-refractivity contribution in [2.24, 2.45) is 0 Å². The lowest BCUT2D eigenvalue weighted by Crippen LogP contribution is -2.15. The van der Waals surface area contributed by atoms with E-state index in [4.69, 9.17) is 9.47 Å². The molecule has 10 nitrogen and oxygen atoms in total. The van der Waals surface area contributed by atoms with Crippen molar-refractivity contribution in [1.29, 1.82) is 0 Å². The molecule has 0 fully saturated rings. The zero-order valence-corrected chi connectivity index (χ0v) is 19.3. The van der Waals surface area contributed by atoms with Crippen LogP contribution in [0.2, 0.25) is 0 Å². The molecule has 0 spiro atoms. The van der Waals surface area contributed by atoms with Crippen molar-refractivity contribution >= 4 is 34.5 Å². The number of tetrazole rings is 1. The molecule has 11 heteroatoms. The fourth-order valence-electron chi connectivity index (χ4n) is 3.14. The van der Waals surface area contributed by atoms with Crippen LogP contribution in [0.3, 0.4) is 0 Å². The van der Waals surface area contributed by atoms with Crippen LogP contribution in [0.15, 0.2) is 60.2 Å². The van der Waals surface area contributed by atoms with Gasteiger partial charge in [0, 0.05) is 17.7 Å². The molecular formula is C23H22N6O4S. The quantitative estimate of drug-likeness (QED) is 0.373. The molecule has 2 heterocycles. The normalized spacial score (nSPS) is 10.5. The standard InChI is InChI=1S/C23H22N6O4S/c1-3-32-19-13-18(26-23(31)21-6-5-11-34-21)20(33-4-2)12-17(19)25-22(30)15-7-9-16(10-8-15)29-14-24-27-28-29/h5-14H,3-4H2,1-2H3,(H,25,30)(H,26,31). The molecular weight excluding hydrogens is 456 g/mol. The average Bonchev–Trinajstić information content (AvgIpc) is 3.57. The van der Waals surface area contributed by atoms with Crippen LogP contribution in [0.5, 0.6) is 11.5 Å². The molecule has 34 heavy (non-hydrogen) atoms. The van der Waals surface area contributed by atoms with Gasteiger partial charge in [-0.15, -0.1) is 16.4 Å². The zero-order valence-electron chi connectivity index (χ0n) is 18.5. The molecule has 2 amide bonds. The molecule has 174 valence electrons. The molecule has 0 saturated heterocycles. The van der Waals surface area contributed by atoms with Crippen molar-refractivity contribution in [3.05, 3.63) is 70.7 Å². The number of benzene rings is 2. The van der Waals surface area contributed by atoms with Crippen LogP contribution in [0.1, 0.15) is 33.9 Å². The molecule has 0 atom stereocenters. The van der Waals surface area contributed by atoms with Gasteiger partial charge in [0.15, 0.2) is 0 Å². The van der Waals surface area contributed by atoms with E-state index < -0.39 is 0 Å². The maximum absolute atomic E-state index is 12.9. The molecule has 2 aromatic carbocycles. The van der Waals surface area contributed by atoms with Crippen LogP contribution in [0.25, 0.3) is 5.69 Å². The summed E-state index contributed by atoms with van der Waals surface area (Å²) in [7, 11) is 0. The highest BCUT2D eigenvalue weighted by molar-refractivity contribution is 7.12. The van der Waals surface area contributed by atoms with Gasteiger partial charge < -0.3 is 20.1 Å². The van der Waals surface area contributed by atoms with E-state index in [1.54, 1.807) is 42.5 Å². The Labute approximate surface area is 199 Å². The number of ether oxygens (including phenoxy) is 2. The Bertz CT molecular complexity index is 1260. The first-order valence-electron chi connectivity index (χ1n) is 10.5. The van der Waals surface area contributed by atoms with Gasteiger partial charge in [-0.3, -0.25) is 9.59 Å². The first-order chi connectivity index (χ1) is 16.6. The largest absolute Gasteiger partial charge is 0.492 e. The number of carbonyl (C=O) groups is 2. The monoisotopic (exact) mass is 478 g/mol. The number of nitrogens with one attached hydrogen (secondary N) is 2. The summed E-state index contributed by atoms with van der Waals surface area (Å²) >= 11 is 1.34. The van der Waals surface area contributed by atoms with Crippen molar-refractivity contribution in [3.63, 3.8) is 0 Å². The predicted octanol–water partition coefficient (Wildman–Crippen LogP) is 4.03. The van der Waals surface area contributed by atoms with Crippen LogP contribution in [0, 0.1) is 0 Å². The fraction of sp³-hybridized carbons (Fsp3) is 0.174. The Morgan fingerprint density at radius 2 is 1.59 bits per heavy atom. The Morgan fingerprint density at radius 3 is 2.12 bits per heavy atom. The minimum Gasteiger partial charge on any atom is -0.492 e. The lowest BCUT2D eigenvalue weighted by atomic mass is 10.1. The predicted molar refractivity (Wildman–Crippen MR) is 128 cm³/mol. The van der Waals surface area contributed by atoms with E-state index in [0.717, 1.165) is 5.69 Å². The highest BCUT2D eigenvalue weighted by Crippen LogP contribution is 2.37. The smallest absolute Gasteiger partial charge is 0.265 e. The number of hydrogen-bond acceptors (Lipinski definition) is 8. The van der Waals surface area contributed by atoms with Gasteiger partial charge >= 0.3 is 0 Å². The van der Waals surface area contributed by atoms with Crippen LogP contribution in [-0.4, -0.2) is 45.2 Å². The molecule has 0 unspecified atom stereocenters. The first-order valence-corrected chi connectivity index (χ1v) is 11.4. The van der Waals surface area contributed by atoms with Gasteiger partial charge in [0.2, 0.25) is 0 Å². The maximum atomic E-state index is 12.9. The van der Waals surface area contributed by atoms with E-state index in [0.29, 0.717) is 46.5 Å². The van der Waals surface area contributed by atoms with Gasteiger partial charge in [0.1, 0.15) is 17.8 Å². The van der Waals surface area contributed by atoms with E-state index >= 15 is 0 Å². The molecule has 4 rings (SSSR count). The van der Waals surface area contributed by atoms with E-state index in [-0.39, 0.29) is 11.8 Å².